The fourth-order valence-electron chi connectivity index (χ4n) is 2.41. The molecule has 0 bridgehead atoms. The van der Waals surface area contributed by atoms with Crippen LogP contribution in [0.15, 0.2) is 78.4 Å². The van der Waals surface area contributed by atoms with E-state index >= 15 is 0 Å². The van der Waals surface area contributed by atoms with Crippen LogP contribution in [0.5, 0.6) is 11.5 Å². The van der Waals surface area contributed by atoms with Crippen molar-refractivity contribution in [2.75, 3.05) is 5.32 Å². The van der Waals surface area contributed by atoms with E-state index in [-0.39, 0.29) is 21.3 Å². The van der Waals surface area contributed by atoms with E-state index in [4.69, 9.17) is 27.9 Å². The van der Waals surface area contributed by atoms with Crippen molar-refractivity contribution < 1.29 is 9.53 Å². The lowest BCUT2D eigenvalue weighted by atomic mass is 10.1. The highest BCUT2D eigenvalue weighted by molar-refractivity contribution is 6.40. The van der Waals surface area contributed by atoms with E-state index in [1.165, 1.54) is 6.08 Å². The van der Waals surface area contributed by atoms with E-state index in [0.717, 1.165) is 0 Å². The summed E-state index contributed by atoms with van der Waals surface area (Å²) in [5.74, 6) is 0.675. The van der Waals surface area contributed by atoms with Gasteiger partial charge in [0.05, 0.1) is 15.7 Å². The van der Waals surface area contributed by atoms with Crippen LogP contribution in [-0.2, 0) is 4.79 Å². The third-order valence-corrected chi connectivity index (χ3v) is 4.34. The normalized spacial score (nSPS) is 10.8. The third kappa shape index (κ3) is 4.92. The van der Waals surface area contributed by atoms with E-state index in [2.05, 4.69) is 5.32 Å². The number of nitrogens with zero attached hydrogens (tertiary/aromatic N) is 1. The summed E-state index contributed by atoms with van der Waals surface area (Å²) in [5, 5.41) is 12.6. The Balaban J connectivity index is 1.81. The molecule has 3 rings (SSSR count). The Morgan fingerprint density at radius 3 is 2.25 bits per heavy atom. The van der Waals surface area contributed by atoms with Gasteiger partial charge in [-0.05, 0) is 48.0 Å². The maximum atomic E-state index is 12.5. The van der Waals surface area contributed by atoms with Crippen LogP contribution in [0.1, 0.15) is 5.56 Å². The second-order valence-corrected chi connectivity index (χ2v) is 6.52. The van der Waals surface area contributed by atoms with E-state index in [1.807, 2.05) is 36.4 Å². The molecule has 1 amide bonds. The van der Waals surface area contributed by atoms with Gasteiger partial charge in [-0.3, -0.25) is 4.79 Å². The van der Waals surface area contributed by atoms with E-state index in [0.29, 0.717) is 17.1 Å². The summed E-state index contributed by atoms with van der Waals surface area (Å²) in [6.45, 7) is 0. The average Bonchev–Trinajstić information content (AvgIpc) is 2.70. The molecule has 3 aromatic rings. The molecular formula is C22H14Cl2N2O2. The average molecular weight is 409 g/mol. The molecule has 0 fully saturated rings. The number of nitrogens with one attached hydrogen (secondary N) is 1. The van der Waals surface area contributed by atoms with Crippen molar-refractivity contribution in [3.05, 3.63) is 94.0 Å². The lowest BCUT2D eigenvalue weighted by Gasteiger charge is -2.09. The smallest absolute Gasteiger partial charge is 0.266 e. The number of hydrogen-bond acceptors (Lipinski definition) is 3. The second kappa shape index (κ2) is 9.09. The molecule has 3 aromatic carbocycles. The van der Waals surface area contributed by atoms with Crippen LogP contribution in [0.2, 0.25) is 10.0 Å². The summed E-state index contributed by atoms with van der Waals surface area (Å²) in [7, 11) is 0. The van der Waals surface area contributed by atoms with Gasteiger partial charge in [-0.1, -0.05) is 59.6 Å². The van der Waals surface area contributed by atoms with Crippen LogP contribution in [0, 0.1) is 11.3 Å². The van der Waals surface area contributed by atoms with Crippen LogP contribution >= 0.6 is 23.2 Å². The van der Waals surface area contributed by atoms with E-state index < -0.39 is 5.91 Å². The first-order valence-corrected chi connectivity index (χ1v) is 9.02. The van der Waals surface area contributed by atoms with Crippen molar-refractivity contribution in [1.82, 2.24) is 0 Å². The van der Waals surface area contributed by atoms with Gasteiger partial charge in [0.1, 0.15) is 23.1 Å². The van der Waals surface area contributed by atoms with Gasteiger partial charge in [-0.2, -0.15) is 5.26 Å². The van der Waals surface area contributed by atoms with Gasteiger partial charge in [0.2, 0.25) is 0 Å². The Morgan fingerprint density at radius 2 is 1.57 bits per heavy atom. The number of carbonyl (C=O) groups is 1. The lowest BCUT2D eigenvalue weighted by molar-refractivity contribution is -0.112. The highest BCUT2D eigenvalue weighted by atomic mass is 35.5. The van der Waals surface area contributed by atoms with Crippen LogP contribution in [0.4, 0.5) is 5.69 Å². The van der Waals surface area contributed by atoms with Crippen LogP contribution in [-0.4, -0.2) is 5.91 Å². The highest BCUT2D eigenvalue weighted by Gasteiger charge is 2.14. The first-order valence-electron chi connectivity index (χ1n) is 8.27. The monoisotopic (exact) mass is 408 g/mol. The largest absolute Gasteiger partial charge is 0.457 e. The number of benzene rings is 3. The predicted molar refractivity (Wildman–Crippen MR) is 112 cm³/mol. The summed E-state index contributed by atoms with van der Waals surface area (Å²) in [4.78, 5) is 12.5. The fraction of sp³-hybridized carbons (Fsp3) is 0. The molecule has 0 saturated carbocycles. The topological polar surface area (TPSA) is 62.1 Å². The number of anilines is 1. The Bertz CT molecular complexity index is 1050. The summed E-state index contributed by atoms with van der Waals surface area (Å²) < 4.78 is 5.77. The standard InChI is InChI=1S/C22H14Cl2N2O2/c23-19-10-5-11-20(24)21(19)26-22(27)16(14-25)12-15-6-4-9-18(13-15)28-17-7-2-1-3-8-17/h1-13H,(H,26,27)/b16-12+. The zero-order valence-electron chi connectivity index (χ0n) is 14.5. The second-order valence-electron chi connectivity index (χ2n) is 5.71. The molecule has 0 spiro atoms. The van der Waals surface area contributed by atoms with Crippen molar-refractivity contribution in [3.8, 4) is 17.6 Å². The highest BCUT2D eigenvalue weighted by Crippen LogP contribution is 2.30. The van der Waals surface area contributed by atoms with E-state index in [9.17, 15) is 10.1 Å². The Kier molecular flexibility index (Phi) is 6.33. The first kappa shape index (κ1) is 19.5. The van der Waals surface area contributed by atoms with Gasteiger partial charge in [-0.25, -0.2) is 0 Å². The van der Waals surface area contributed by atoms with Crippen LogP contribution < -0.4 is 10.1 Å². The molecule has 0 aliphatic carbocycles. The Morgan fingerprint density at radius 1 is 0.929 bits per heavy atom. The summed E-state index contributed by atoms with van der Waals surface area (Å²) in [5.41, 5.74) is 0.816. The molecular weight excluding hydrogens is 395 g/mol. The van der Waals surface area contributed by atoms with Gasteiger partial charge in [0.15, 0.2) is 0 Å². The molecule has 0 radical (unpaired) electrons. The molecule has 0 saturated heterocycles. The molecule has 0 aliphatic rings. The number of halogens is 2. The molecule has 28 heavy (non-hydrogen) atoms. The van der Waals surface area contributed by atoms with Crippen molar-refractivity contribution in [2.45, 2.75) is 0 Å². The van der Waals surface area contributed by atoms with Crippen molar-refractivity contribution in [3.63, 3.8) is 0 Å². The minimum absolute atomic E-state index is 0.0900. The SMILES string of the molecule is N#C/C(=C\c1cccc(Oc2ccccc2)c1)C(=O)Nc1c(Cl)cccc1Cl. The fourth-order valence-corrected chi connectivity index (χ4v) is 2.90. The molecule has 0 unspecified atom stereocenters. The summed E-state index contributed by atoms with van der Waals surface area (Å²) in [6.07, 6.45) is 1.47. The molecule has 6 heteroatoms. The number of carbonyl (C=O) groups excluding carboxylic acids is 1. The van der Waals surface area contributed by atoms with Crippen molar-refractivity contribution in [1.29, 1.82) is 5.26 Å². The maximum absolute atomic E-state index is 12.5. The van der Waals surface area contributed by atoms with Gasteiger partial charge in [0.25, 0.3) is 5.91 Å². The summed E-state index contributed by atoms with van der Waals surface area (Å²) in [6, 6.07) is 23.2. The molecule has 4 nitrogen and oxygen atoms in total. The minimum Gasteiger partial charge on any atom is -0.457 e. The van der Waals surface area contributed by atoms with Gasteiger partial charge in [-0.15, -0.1) is 0 Å². The van der Waals surface area contributed by atoms with Crippen LogP contribution in [0.25, 0.3) is 6.08 Å². The molecule has 0 heterocycles. The maximum Gasteiger partial charge on any atom is 0.266 e. The van der Waals surface area contributed by atoms with Gasteiger partial charge >= 0.3 is 0 Å². The molecule has 0 aromatic heterocycles. The molecule has 0 atom stereocenters. The van der Waals surface area contributed by atoms with Crippen molar-refractivity contribution in [2.24, 2.45) is 0 Å². The molecule has 0 aliphatic heterocycles. The number of hydrogen-bond donors (Lipinski definition) is 1. The molecule has 1 N–H and O–H groups in total. The van der Waals surface area contributed by atoms with Crippen LogP contribution in [0.3, 0.4) is 0 Å². The zero-order valence-corrected chi connectivity index (χ0v) is 16.0. The number of nitriles is 1. The number of amides is 1. The lowest BCUT2D eigenvalue weighted by Crippen LogP contribution is -2.14. The third-order valence-electron chi connectivity index (χ3n) is 3.71. The number of rotatable bonds is 5. The Hall–Kier alpha value is -3.26. The van der Waals surface area contributed by atoms with E-state index in [1.54, 1.807) is 42.5 Å². The van der Waals surface area contributed by atoms with Gasteiger partial charge in [0, 0.05) is 0 Å². The zero-order chi connectivity index (χ0) is 19.9. The van der Waals surface area contributed by atoms with Crippen molar-refractivity contribution >= 4 is 40.9 Å². The Labute approximate surface area is 172 Å². The first-order chi connectivity index (χ1) is 13.6. The van der Waals surface area contributed by atoms with Gasteiger partial charge < -0.3 is 10.1 Å². The molecule has 138 valence electrons. The quantitative estimate of drug-likeness (QED) is 0.396. The minimum atomic E-state index is -0.605. The number of para-hydroxylation sites is 2. The predicted octanol–water partition coefficient (Wildman–Crippen LogP) is 6.33. The number of ether oxygens (including phenoxy) is 1. The summed E-state index contributed by atoms with van der Waals surface area (Å²) >= 11 is 12.1.